The molecule has 0 aliphatic rings. The number of hydrogen-bond donors (Lipinski definition) is 2. The third-order valence-electron chi connectivity index (χ3n) is 2.19. The molecule has 0 saturated heterocycles. The van der Waals surface area contributed by atoms with Crippen LogP contribution in [0.25, 0.3) is 0 Å². The zero-order chi connectivity index (χ0) is 13.3. The van der Waals surface area contributed by atoms with Crippen molar-refractivity contribution in [2.24, 2.45) is 0 Å². The second-order valence-electron chi connectivity index (χ2n) is 4.15. The van der Waals surface area contributed by atoms with Gasteiger partial charge in [-0.15, -0.1) is 0 Å². The van der Waals surface area contributed by atoms with Gasteiger partial charge in [0.05, 0.1) is 0 Å². The van der Waals surface area contributed by atoms with Gasteiger partial charge in [0.2, 0.25) is 0 Å². The first-order chi connectivity index (χ1) is 7.95. The van der Waals surface area contributed by atoms with Crippen LogP contribution < -0.4 is 2.81 Å². The van der Waals surface area contributed by atoms with Gasteiger partial charge in [-0.2, -0.15) is 0 Å². The van der Waals surface area contributed by atoms with Crippen LogP contribution in [0.5, 0.6) is 5.75 Å². The Morgan fingerprint density at radius 1 is 1.29 bits per heavy atom. The molecule has 4 heteroatoms. The molecule has 2 N–H and O–H groups in total. The first-order valence-corrected chi connectivity index (χ1v) is 6.94. The topological polar surface area (TPSA) is 57.5 Å². The molecular weight excluding hydrogens is 227 g/mol. The van der Waals surface area contributed by atoms with Crippen molar-refractivity contribution in [2.45, 2.75) is 39.5 Å². The van der Waals surface area contributed by atoms with E-state index in [4.69, 9.17) is 9.90 Å². The van der Waals surface area contributed by atoms with E-state index >= 15 is 0 Å². The van der Waals surface area contributed by atoms with Crippen LogP contribution in [0.15, 0.2) is 18.2 Å². The summed E-state index contributed by atoms with van der Waals surface area (Å²) in [5.74, 6) is -0.404. The van der Waals surface area contributed by atoms with Crippen molar-refractivity contribution in [3.63, 3.8) is 0 Å². The minimum absolute atomic E-state index is 0.430. The Labute approximate surface area is 120 Å². The van der Waals surface area contributed by atoms with Crippen LogP contribution in [-0.2, 0) is 11.2 Å². The van der Waals surface area contributed by atoms with Crippen LogP contribution >= 0.6 is 0 Å². The molecule has 17 heavy (non-hydrogen) atoms. The molecule has 0 atom stereocenters. The third-order valence-corrected chi connectivity index (χ3v) is 2.77. The molecule has 0 bridgehead atoms. The molecule has 0 unspecified atom stereocenters. The first-order valence-electron chi connectivity index (χ1n) is 5.94. The number of aliphatic carboxylic acids is 1. The molecule has 0 heterocycles. The Morgan fingerprint density at radius 2 is 1.88 bits per heavy atom. The van der Waals surface area contributed by atoms with Gasteiger partial charge in [-0.25, -0.2) is 0 Å². The zero-order valence-electron chi connectivity index (χ0n) is 10.9. The molecule has 1 aromatic rings. The molecule has 0 radical (unpaired) electrons. The normalized spacial score (nSPS) is 9.41. The van der Waals surface area contributed by atoms with Crippen molar-refractivity contribution in [1.29, 1.82) is 0 Å². The van der Waals surface area contributed by atoms with Crippen LogP contribution in [-0.4, -0.2) is 44.1 Å². The number of aryl methyl sites for hydroxylation is 1. The molecule has 1 rings (SSSR count). The molecule has 0 spiro atoms. The summed E-state index contributed by atoms with van der Waals surface area (Å²) in [6, 6.07) is 5.95. The molecule has 0 saturated carbocycles. The van der Waals surface area contributed by atoms with Crippen LogP contribution in [0, 0.1) is 0 Å². The van der Waals surface area contributed by atoms with Gasteiger partial charge < -0.3 is 5.11 Å². The fourth-order valence-electron chi connectivity index (χ4n) is 1.56. The van der Waals surface area contributed by atoms with Gasteiger partial charge in [-0.1, -0.05) is 0 Å². The van der Waals surface area contributed by atoms with Crippen LogP contribution in [0.3, 0.4) is 0 Å². The van der Waals surface area contributed by atoms with Crippen molar-refractivity contribution >= 4 is 36.7 Å². The Kier molecular flexibility index (Phi) is 9.23. The van der Waals surface area contributed by atoms with Gasteiger partial charge in [0.1, 0.15) is 0 Å². The summed E-state index contributed by atoms with van der Waals surface area (Å²) in [6.07, 6.45) is 4.89. The van der Waals surface area contributed by atoms with Crippen LogP contribution in [0.4, 0.5) is 0 Å². The average Bonchev–Trinajstić information content (AvgIpc) is 2.15. The molecule has 0 amide bonds. The summed E-state index contributed by atoms with van der Waals surface area (Å²) in [7, 11) is 0. The quantitative estimate of drug-likeness (QED) is 0.631. The van der Waals surface area contributed by atoms with Crippen LogP contribution in [0.2, 0.25) is 0 Å². The molecule has 3 nitrogen and oxygen atoms in total. The Morgan fingerprint density at radius 3 is 2.35 bits per heavy atom. The Hall–Kier alpha value is -0.510. The number of aromatic hydroxyl groups is 1. The standard InChI is InChI=1S/C11H15O.C2H4O2.Na/c1-2-3-4-6-10-7-5-8-11(12)9-10;1-2(3)4;/h7-9,12H,2-4,6H2,1H3;1H3,(H,3,4);. The number of benzene rings is 1. The van der Waals surface area contributed by atoms with Crippen molar-refractivity contribution in [1.82, 2.24) is 0 Å². The number of hydrogen-bond acceptors (Lipinski definition) is 2. The van der Waals surface area contributed by atoms with Crippen LogP contribution in [0.1, 0.15) is 38.7 Å². The van der Waals surface area contributed by atoms with E-state index in [1.807, 2.05) is 12.1 Å². The number of unbranched alkanes of at least 4 members (excludes halogenated alkanes) is 2. The van der Waals surface area contributed by atoms with Gasteiger partial charge >= 0.3 is 98.0 Å². The number of phenolic OH excluding ortho intramolecular Hbond substituents is 1. The van der Waals surface area contributed by atoms with E-state index in [9.17, 15) is 5.11 Å². The van der Waals surface area contributed by atoms with Gasteiger partial charge in [-0.05, 0) is 0 Å². The molecule has 0 fully saturated rings. The maximum atomic E-state index is 9.37. The molecular formula is C13H19NaO3. The fraction of sp³-hybridized carbons (Fsp3) is 0.462. The Bertz CT molecular complexity index is 326. The molecule has 90 valence electrons. The summed E-state index contributed by atoms with van der Waals surface area (Å²) in [5.41, 5.74) is 1.29. The van der Waals surface area contributed by atoms with E-state index in [1.54, 1.807) is 0 Å². The molecule has 0 aromatic heterocycles. The van der Waals surface area contributed by atoms with E-state index in [2.05, 4.69) is 13.0 Å². The fourth-order valence-corrected chi connectivity index (χ4v) is 2.23. The predicted molar refractivity (Wildman–Crippen MR) is 70.0 cm³/mol. The minimum atomic E-state index is -0.833. The van der Waals surface area contributed by atoms with E-state index in [0.29, 0.717) is 5.75 Å². The average molecular weight is 246 g/mol. The third kappa shape index (κ3) is 10.4. The van der Waals surface area contributed by atoms with Gasteiger partial charge in [-0.3, -0.25) is 4.79 Å². The maximum absolute atomic E-state index is 9.37. The summed E-state index contributed by atoms with van der Waals surface area (Å²) < 4.78 is 1.28. The van der Waals surface area contributed by atoms with E-state index < -0.39 is 5.97 Å². The molecule has 0 aliphatic heterocycles. The Balaban J connectivity index is 0.000000557. The number of carbonyl (C=O) groups is 1. The van der Waals surface area contributed by atoms with E-state index in [0.717, 1.165) is 41.3 Å². The summed E-state index contributed by atoms with van der Waals surface area (Å²) in [6.45, 7) is 3.29. The van der Waals surface area contributed by atoms with Crippen molar-refractivity contribution in [3.05, 3.63) is 23.8 Å². The second kappa shape index (κ2) is 9.51. The van der Waals surface area contributed by atoms with Crippen molar-refractivity contribution < 1.29 is 15.0 Å². The molecule has 1 aromatic carbocycles. The van der Waals surface area contributed by atoms with Gasteiger partial charge in [0.25, 0.3) is 5.97 Å². The summed E-state index contributed by atoms with van der Waals surface area (Å²) in [4.78, 5) is 9.00. The SMILES string of the molecule is CC(=O)O.CCCCCc1cc(O)c[c]([Na])c1. The summed E-state index contributed by atoms with van der Waals surface area (Å²) >= 11 is 1.02. The second-order valence-corrected chi connectivity index (χ2v) is 5.31. The zero-order valence-corrected chi connectivity index (χ0v) is 12.9. The number of carboxylic acids is 1. The van der Waals surface area contributed by atoms with Gasteiger partial charge in [0, 0.05) is 6.92 Å². The number of rotatable bonds is 4. The predicted octanol–water partition coefficient (Wildman–Crippen LogP) is 2.01. The first kappa shape index (κ1) is 16.5. The summed E-state index contributed by atoms with van der Waals surface area (Å²) in [5, 5.41) is 16.8. The van der Waals surface area contributed by atoms with Crippen molar-refractivity contribution in [2.75, 3.05) is 0 Å². The van der Waals surface area contributed by atoms with Gasteiger partial charge in [0.15, 0.2) is 0 Å². The van der Waals surface area contributed by atoms with E-state index in [-0.39, 0.29) is 0 Å². The number of carboxylic acid groups (broad SMARTS) is 1. The van der Waals surface area contributed by atoms with Crippen molar-refractivity contribution in [3.8, 4) is 5.75 Å². The monoisotopic (exact) mass is 246 g/mol. The van der Waals surface area contributed by atoms with E-state index in [1.165, 1.54) is 27.6 Å². The molecule has 0 aliphatic carbocycles. The number of phenols is 1.